The third kappa shape index (κ3) is 2.28. The van der Waals surface area contributed by atoms with Crippen molar-refractivity contribution in [1.29, 1.82) is 0 Å². The van der Waals surface area contributed by atoms with E-state index < -0.39 is 11.8 Å². The van der Waals surface area contributed by atoms with Crippen LogP contribution >= 0.6 is 11.8 Å². The molecule has 1 aromatic carbocycles. The normalized spacial score (nSPS) is 22.5. The van der Waals surface area contributed by atoms with E-state index in [1.807, 2.05) is 0 Å². The van der Waals surface area contributed by atoms with Crippen LogP contribution in [0.2, 0.25) is 0 Å². The molecule has 1 aromatic rings. The Morgan fingerprint density at radius 3 is 2.79 bits per heavy atom. The second kappa shape index (κ2) is 4.77. The summed E-state index contributed by atoms with van der Waals surface area (Å²) in [6.07, 6.45) is 0.274. The molecule has 3 rings (SSSR count). The summed E-state index contributed by atoms with van der Waals surface area (Å²) in [5, 5.41) is 0.519. The van der Waals surface area contributed by atoms with Crippen molar-refractivity contribution in [2.75, 3.05) is 12.3 Å². The summed E-state index contributed by atoms with van der Waals surface area (Å²) in [5.74, 6) is -0.908. The molecule has 1 saturated heterocycles. The van der Waals surface area contributed by atoms with Crippen LogP contribution in [0.5, 0.6) is 0 Å². The number of halogens is 1. The predicted octanol–water partition coefficient (Wildman–Crippen LogP) is 1.46. The molecule has 2 aliphatic heterocycles. The van der Waals surface area contributed by atoms with E-state index in [2.05, 4.69) is 4.99 Å². The lowest BCUT2D eigenvalue weighted by Crippen LogP contribution is -2.44. The van der Waals surface area contributed by atoms with E-state index in [0.717, 1.165) is 11.3 Å². The first-order chi connectivity index (χ1) is 9.15. The van der Waals surface area contributed by atoms with Crippen LogP contribution in [0.3, 0.4) is 0 Å². The Bertz CT molecular complexity index is 571. The average molecular weight is 278 g/mol. The summed E-state index contributed by atoms with van der Waals surface area (Å²) in [4.78, 5) is 29.7. The molecule has 98 valence electrons. The molecule has 0 aliphatic carbocycles. The maximum Gasteiger partial charge on any atom is 0.261 e. The van der Waals surface area contributed by atoms with Gasteiger partial charge in [0.1, 0.15) is 11.7 Å². The lowest BCUT2D eigenvalue weighted by atomic mass is 9.96. The Morgan fingerprint density at radius 1 is 1.32 bits per heavy atom. The lowest BCUT2D eigenvalue weighted by molar-refractivity contribution is -0.138. The first kappa shape index (κ1) is 12.3. The van der Waals surface area contributed by atoms with Crippen LogP contribution in [0.15, 0.2) is 29.3 Å². The van der Waals surface area contributed by atoms with Crippen LogP contribution in [-0.2, 0) is 16.0 Å². The van der Waals surface area contributed by atoms with Gasteiger partial charge in [0.25, 0.3) is 5.91 Å². The summed E-state index contributed by atoms with van der Waals surface area (Å²) in [6, 6.07) is 5.84. The number of hydrogen-bond donors (Lipinski definition) is 0. The molecule has 0 spiro atoms. The third-order valence-electron chi connectivity index (χ3n) is 3.20. The van der Waals surface area contributed by atoms with Crippen LogP contribution in [-0.4, -0.2) is 34.2 Å². The van der Waals surface area contributed by atoms with Gasteiger partial charge in [-0.25, -0.2) is 4.39 Å². The highest BCUT2D eigenvalue weighted by molar-refractivity contribution is 8.14. The second-order valence-corrected chi connectivity index (χ2v) is 5.52. The molecule has 6 heteroatoms. The minimum atomic E-state index is -0.770. The fraction of sp³-hybridized carbons (Fsp3) is 0.308. The molecule has 0 radical (unpaired) electrons. The number of hydrogen-bond acceptors (Lipinski definition) is 3. The molecule has 1 fully saturated rings. The molecule has 2 amide bonds. The van der Waals surface area contributed by atoms with Crippen molar-refractivity contribution < 1.29 is 14.0 Å². The number of rotatable bonds is 2. The van der Waals surface area contributed by atoms with Crippen molar-refractivity contribution in [3.8, 4) is 0 Å². The zero-order chi connectivity index (χ0) is 13.4. The van der Waals surface area contributed by atoms with E-state index in [9.17, 15) is 14.0 Å². The fourth-order valence-corrected chi connectivity index (χ4v) is 3.14. The van der Waals surface area contributed by atoms with Gasteiger partial charge in [-0.05, 0) is 24.1 Å². The highest BCUT2D eigenvalue weighted by atomic mass is 32.2. The highest BCUT2D eigenvalue weighted by Crippen LogP contribution is 2.27. The van der Waals surface area contributed by atoms with E-state index in [1.165, 1.54) is 23.9 Å². The Hall–Kier alpha value is -1.69. The maximum absolute atomic E-state index is 12.8. The van der Waals surface area contributed by atoms with Crippen molar-refractivity contribution in [3.05, 3.63) is 35.6 Å². The van der Waals surface area contributed by atoms with E-state index >= 15 is 0 Å². The van der Waals surface area contributed by atoms with Gasteiger partial charge in [-0.15, -0.1) is 0 Å². The van der Waals surface area contributed by atoms with Gasteiger partial charge >= 0.3 is 0 Å². The summed E-state index contributed by atoms with van der Waals surface area (Å²) in [5.41, 5.74) is 0.763. The van der Waals surface area contributed by atoms with Crippen LogP contribution < -0.4 is 0 Å². The summed E-state index contributed by atoms with van der Waals surface area (Å²) < 4.78 is 12.8. The molecule has 0 aromatic heterocycles. The molecule has 19 heavy (non-hydrogen) atoms. The highest BCUT2D eigenvalue weighted by Gasteiger charge is 2.40. The van der Waals surface area contributed by atoms with Crippen molar-refractivity contribution in [2.24, 2.45) is 10.9 Å². The molecule has 1 unspecified atom stereocenters. The average Bonchev–Trinajstić information content (AvgIpc) is 2.85. The molecule has 2 heterocycles. The van der Waals surface area contributed by atoms with Crippen LogP contribution in [0.1, 0.15) is 5.56 Å². The second-order valence-electron chi connectivity index (χ2n) is 4.45. The number of nitrogens with zero attached hydrogens (tertiary/aromatic N) is 2. The smallest absolute Gasteiger partial charge is 0.261 e. The molecule has 1 atom stereocenters. The van der Waals surface area contributed by atoms with Gasteiger partial charge < -0.3 is 0 Å². The maximum atomic E-state index is 12.8. The minimum Gasteiger partial charge on any atom is -0.290 e. The number of thioether (sulfide) groups is 1. The number of carbonyl (C=O) groups is 2. The monoisotopic (exact) mass is 278 g/mol. The first-order valence-corrected chi connectivity index (χ1v) is 6.95. The largest absolute Gasteiger partial charge is 0.290 e. The molecular formula is C13H11FN2O2S. The number of aliphatic imine (C=N–C) groups is 1. The zero-order valence-corrected chi connectivity index (χ0v) is 10.8. The van der Waals surface area contributed by atoms with Crippen molar-refractivity contribution in [1.82, 2.24) is 4.90 Å². The van der Waals surface area contributed by atoms with Gasteiger partial charge in [0, 0.05) is 12.3 Å². The standard InChI is InChI=1S/C13H11FN2O2S/c14-9-3-1-8(2-4-9)7-10-11(17)15-13-16(12(10)18)5-6-19-13/h1-4,10H,5-7H2. The third-order valence-corrected chi connectivity index (χ3v) is 4.15. The van der Waals surface area contributed by atoms with Crippen molar-refractivity contribution >= 4 is 28.7 Å². The van der Waals surface area contributed by atoms with Gasteiger partial charge in [-0.3, -0.25) is 14.5 Å². The van der Waals surface area contributed by atoms with Crippen LogP contribution in [0, 0.1) is 11.7 Å². The van der Waals surface area contributed by atoms with Gasteiger partial charge in [0.2, 0.25) is 5.91 Å². The molecule has 0 saturated carbocycles. The zero-order valence-electron chi connectivity index (χ0n) is 10.0. The van der Waals surface area contributed by atoms with Gasteiger partial charge in [0.05, 0.1) is 0 Å². The summed E-state index contributed by atoms with van der Waals surface area (Å²) in [6.45, 7) is 0.607. The molecule has 2 aliphatic rings. The fourth-order valence-electron chi connectivity index (χ4n) is 2.20. The van der Waals surface area contributed by atoms with E-state index in [1.54, 1.807) is 17.0 Å². The number of benzene rings is 1. The molecule has 0 N–H and O–H groups in total. The van der Waals surface area contributed by atoms with E-state index in [4.69, 9.17) is 0 Å². The number of fused-ring (bicyclic) bond motifs is 1. The lowest BCUT2D eigenvalue weighted by Gasteiger charge is -2.25. The number of amides is 2. The van der Waals surface area contributed by atoms with E-state index in [-0.39, 0.29) is 18.1 Å². The summed E-state index contributed by atoms with van der Waals surface area (Å²) in [7, 11) is 0. The molecule has 0 bridgehead atoms. The summed E-state index contributed by atoms with van der Waals surface area (Å²) >= 11 is 1.43. The van der Waals surface area contributed by atoms with E-state index in [0.29, 0.717) is 11.7 Å². The Balaban J connectivity index is 1.83. The Morgan fingerprint density at radius 2 is 2.05 bits per heavy atom. The Kier molecular flexibility index (Phi) is 3.10. The minimum absolute atomic E-state index is 0.190. The van der Waals surface area contributed by atoms with Gasteiger partial charge in [-0.1, -0.05) is 23.9 Å². The quantitative estimate of drug-likeness (QED) is 0.769. The molecule has 4 nitrogen and oxygen atoms in total. The van der Waals surface area contributed by atoms with Crippen LogP contribution in [0.4, 0.5) is 4.39 Å². The SMILES string of the molecule is O=C1N=C2SCCN2C(=O)C1Cc1ccc(F)cc1. The van der Waals surface area contributed by atoms with Gasteiger partial charge in [0.15, 0.2) is 5.17 Å². The van der Waals surface area contributed by atoms with Crippen LogP contribution in [0.25, 0.3) is 0 Å². The predicted molar refractivity (Wildman–Crippen MR) is 70.2 cm³/mol. The molecular weight excluding hydrogens is 267 g/mol. The number of carbonyl (C=O) groups excluding carboxylic acids is 2. The topological polar surface area (TPSA) is 49.7 Å². The van der Waals surface area contributed by atoms with Crippen molar-refractivity contribution in [2.45, 2.75) is 6.42 Å². The van der Waals surface area contributed by atoms with Crippen molar-refractivity contribution in [3.63, 3.8) is 0 Å². The Labute approximate surface area is 113 Å². The first-order valence-electron chi connectivity index (χ1n) is 5.96. The number of amidine groups is 1. The van der Waals surface area contributed by atoms with Gasteiger partial charge in [-0.2, -0.15) is 4.99 Å².